The van der Waals surface area contributed by atoms with Crippen LogP contribution in [0.25, 0.3) is 0 Å². The summed E-state index contributed by atoms with van der Waals surface area (Å²) in [4.78, 5) is 11.3. The molecule has 0 aliphatic carbocycles. The van der Waals surface area contributed by atoms with Gasteiger partial charge in [0.1, 0.15) is 5.01 Å². The van der Waals surface area contributed by atoms with E-state index in [9.17, 15) is 4.79 Å². The molecule has 0 atom stereocenters. The van der Waals surface area contributed by atoms with Gasteiger partial charge in [0.2, 0.25) is 5.13 Å². The van der Waals surface area contributed by atoms with Crippen molar-refractivity contribution in [2.24, 2.45) is 0 Å². The van der Waals surface area contributed by atoms with Gasteiger partial charge in [0.15, 0.2) is 0 Å². The van der Waals surface area contributed by atoms with E-state index in [2.05, 4.69) is 22.4 Å². The Kier molecular flexibility index (Phi) is 5.24. The molecule has 8 heteroatoms. The Morgan fingerprint density at radius 3 is 2.69 bits per heavy atom. The second-order valence-electron chi connectivity index (χ2n) is 3.06. The minimum atomic E-state index is -1.98. The van der Waals surface area contributed by atoms with E-state index in [0.717, 1.165) is 24.3 Å². The van der Waals surface area contributed by atoms with Crippen LogP contribution in [-0.4, -0.2) is 19.9 Å². The highest BCUT2D eigenvalue weighted by molar-refractivity contribution is 7.15. The van der Waals surface area contributed by atoms with Crippen molar-refractivity contribution in [1.82, 2.24) is 10.2 Å². The maximum Gasteiger partial charge on any atom is 0.278 e. The number of rotatable bonds is 4. The average Bonchev–Trinajstić information content (AvgIpc) is 2.61. The van der Waals surface area contributed by atoms with E-state index in [1.54, 1.807) is 0 Å². The van der Waals surface area contributed by atoms with Crippen molar-refractivity contribution in [1.29, 1.82) is 0 Å². The smallest absolute Gasteiger partial charge is 0.278 e. The molecule has 0 saturated heterocycles. The first-order valence-electron chi connectivity index (χ1n) is 4.64. The number of carbonyl (C=O) groups excluding carboxylic acids is 1. The van der Waals surface area contributed by atoms with Gasteiger partial charge < -0.3 is 0 Å². The topological polar surface area (TPSA) is 54.9 Å². The van der Waals surface area contributed by atoms with E-state index < -0.39 is 9.70 Å². The van der Waals surface area contributed by atoms with Crippen LogP contribution in [0.2, 0.25) is 0 Å². The maximum absolute atomic E-state index is 11.3. The predicted molar refractivity (Wildman–Crippen MR) is 67.4 cm³/mol. The van der Waals surface area contributed by atoms with E-state index in [1.807, 2.05) is 0 Å². The molecule has 0 aliphatic rings. The molecular formula is C8H10Cl3N3OS. The Bertz CT molecular complexity index is 364. The Balaban J connectivity index is 2.55. The van der Waals surface area contributed by atoms with Crippen LogP contribution in [0.15, 0.2) is 0 Å². The molecule has 1 amide bonds. The monoisotopic (exact) mass is 301 g/mol. The van der Waals surface area contributed by atoms with Gasteiger partial charge in [-0.05, 0) is 6.42 Å². The summed E-state index contributed by atoms with van der Waals surface area (Å²) in [6.45, 7) is 2.09. The predicted octanol–water partition coefficient (Wildman–Crippen LogP) is 3.19. The molecule has 90 valence electrons. The molecular weight excluding hydrogens is 293 g/mol. The molecule has 0 bridgehead atoms. The molecule has 1 aromatic rings. The fraction of sp³-hybridized carbons (Fsp3) is 0.625. The molecule has 0 unspecified atom stereocenters. The molecule has 0 fully saturated rings. The van der Waals surface area contributed by atoms with Gasteiger partial charge in [-0.15, -0.1) is 10.2 Å². The zero-order valence-electron chi connectivity index (χ0n) is 8.47. The molecule has 1 rings (SSSR count). The van der Waals surface area contributed by atoms with Gasteiger partial charge in [0.25, 0.3) is 9.70 Å². The van der Waals surface area contributed by atoms with Crippen LogP contribution >= 0.6 is 46.1 Å². The lowest BCUT2D eigenvalue weighted by Gasteiger charge is -2.07. The zero-order chi connectivity index (χ0) is 12.2. The third kappa shape index (κ3) is 4.41. The summed E-state index contributed by atoms with van der Waals surface area (Å²) in [6, 6.07) is 0. The van der Waals surface area contributed by atoms with E-state index in [0.29, 0.717) is 5.13 Å². The van der Waals surface area contributed by atoms with Crippen LogP contribution in [-0.2, 0) is 11.2 Å². The Labute approximate surface area is 112 Å². The van der Waals surface area contributed by atoms with Crippen molar-refractivity contribution in [3.05, 3.63) is 5.01 Å². The minimum absolute atomic E-state index is 0.349. The van der Waals surface area contributed by atoms with Crippen molar-refractivity contribution in [3.63, 3.8) is 0 Å². The molecule has 4 nitrogen and oxygen atoms in total. The maximum atomic E-state index is 11.3. The number of alkyl halides is 3. The third-order valence-corrected chi connectivity index (χ3v) is 3.10. The highest BCUT2D eigenvalue weighted by atomic mass is 35.6. The van der Waals surface area contributed by atoms with E-state index >= 15 is 0 Å². The number of hydrogen-bond acceptors (Lipinski definition) is 4. The second-order valence-corrected chi connectivity index (χ2v) is 6.40. The summed E-state index contributed by atoms with van der Waals surface area (Å²) in [5.41, 5.74) is 0. The van der Waals surface area contributed by atoms with E-state index in [1.165, 1.54) is 11.3 Å². The summed E-state index contributed by atoms with van der Waals surface area (Å²) in [6.07, 6.45) is 2.96. The molecule has 0 saturated carbocycles. The number of aryl methyl sites for hydroxylation is 1. The number of carbonyl (C=O) groups is 1. The summed E-state index contributed by atoms with van der Waals surface area (Å²) in [5, 5.41) is 11.3. The number of nitrogens with one attached hydrogen (secondary N) is 1. The van der Waals surface area contributed by atoms with Gasteiger partial charge in [-0.3, -0.25) is 10.1 Å². The van der Waals surface area contributed by atoms with E-state index in [-0.39, 0.29) is 0 Å². The molecule has 0 aromatic carbocycles. The number of hydrogen-bond donors (Lipinski definition) is 1. The molecule has 1 N–H and O–H groups in total. The van der Waals surface area contributed by atoms with Crippen molar-refractivity contribution >= 4 is 57.2 Å². The summed E-state index contributed by atoms with van der Waals surface area (Å²) >= 11 is 17.5. The lowest BCUT2D eigenvalue weighted by atomic mass is 10.3. The number of aromatic nitrogens is 2. The second kappa shape index (κ2) is 6.00. The number of halogens is 3. The Morgan fingerprint density at radius 2 is 2.12 bits per heavy atom. The van der Waals surface area contributed by atoms with Crippen molar-refractivity contribution in [2.45, 2.75) is 30.0 Å². The van der Waals surface area contributed by atoms with Gasteiger partial charge >= 0.3 is 0 Å². The van der Waals surface area contributed by atoms with Gasteiger partial charge in [-0.25, -0.2) is 0 Å². The largest absolute Gasteiger partial charge is 0.297 e. The summed E-state index contributed by atoms with van der Waals surface area (Å²) in [7, 11) is 0. The van der Waals surface area contributed by atoms with E-state index in [4.69, 9.17) is 34.8 Å². The normalized spacial score (nSPS) is 11.5. The fourth-order valence-corrected chi connectivity index (χ4v) is 1.82. The number of unbranched alkanes of at least 4 members (excludes halogenated alkanes) is 1. The molecule has 16 heavy (non-hydrogen) atoms. The first-order valence-corrected chi connectivity index (χ1v) is 6.59. The standard InChI is InChI=1S/C8H10Cl3N3OS/c1-2-3-4-5-13-14-7(16-5)12-6(15)8(9,10)11/h2-4H2,1H3,(H,12,14,15). The first-order chi connectivity index (χ1) is 7.43. The quantitative estimate of drug-likeness (QED) is 0.869. The van der Waals surface area contributed by atoms with Crippen LogP contribution in [0.5, 0.6) is 0 Å². The van der Waals surface area contributed by atoms with Gasteiger partial charge in [0.05, 0.1) is 0 Å². The fourth-order valence-electron chi connectivity index (χ4n) is 0.901. The minimum Gasteiger partial charge on any atom is -0.297 e. The lowest BCUT2D eigenvalue weighted by Crippen LogP contribution is -2.26. The zero-order valence-corrected chi connectivity index (χ0v) is 11.6. The third-order valence-electron chi connectivity index (χ3n) is 1.69. The molecule has 0 radical (unpaired) electrons. The SMILES string of the molecule is CCCCc1nnc(NC(=O)C(Cl)(Cl)Cl)s1. The van der Waals surface area contributed by atoms with Crippen molar-refractivity contribution in [3.8, 4) is 0 Å². The van der Waals surface area contributed by atoms with Gasteiger partial charge in [-0.1, -0.05) is 59.5 Å². The van der Waals surface area contributed by atoms with Crippen LogP contribution in [0.3, 0.4) is 0 Å². The van der Waals surface area contributed by atoms with Gasteiger partial charge in [-0.2, -0.15) is 0 Å². The molecule has 1 heterocycles. The molecule has 1 aromatic heterocycles. The molecule has 0 aliphatic heterocycles. The van der Waals surface area contributed by atoms with Gasteiger partial charge in [0, 0.05) is 6.42 Å². The molecule has 0 spiro atoms. The number of nitrogens with zero attached hydrogens (tertiary/aromatic N) is 2. The summed E-state index contributed by atoms with van der Waals surface area (Å²) < 4.78 is -1.98. The highest BCUT2D eigenvalue weighted by Crippen LogP contribution is 2.28. The lowest BCUT2D eigenvalue weighted by molar-refractivity contribution is -0.115. The number of amides is 1. The van der Waals surface area contributed by atoms with Crippen LogP contribution in [0.4, 0.5) is 5.13 Å². The number of anilines is 1. The van der Waals surface area contributed by atoms with Crippen LogP contribution in [0, 0.1) is 0 Å². The summed E-state index contributed by atoms with van der Waals surface area (Å²) in [5.74, 6) is -0.726. The average molecular weight is 303 g/mol. The van der Waals surface area contributed by atoms with Crippen LogP contribution in [0.1, 0.15) is 24.8 Å². The highest BCUT2D eigenvalue weighted by Gasteiger charge is 2.31. The first kappa shape index (κ1) is 14.0. The Hall–Kier alpha value is -0.100. The van der Waals surface area contributed by atoms with Crippen molar-refractivity contribution < 1.29 is 4.79 Å². The van der Waals surface area contributed by atoms with Crippen molar-refractivity contribution in [2.75, 3.05) is 5.32 Å². The van der Waals surface area contributed by atoms with Crippen LogP contribution < -0.4 is 5.32 Å². The Morgan fingerprint density at radius 1 is 1.44 bits per heavy atom.